The zero-order valence-corrected chi connectivity index (χ0v) is 20.7. The van der Waals surface area contributed by atoms with Crippen LogP contribution in [0.15, 0.2) is 60.9 Å². The van der Waals surface area contributed by atoms with Gasteiger partial charge in [0.25, 0.3) is 5.91 Å². The number of anilines is 1. The Morgan fingerprint density at radius 3 is 2.28 bits per heavy atom. The van der Waals surface area contributed by atoms with Crippen LogP contribution in [0.5, 0.6) is 0 Å². The Hall–Kier alpha value is -4.31. The molecule has 1 atom stereocenters. The van der Waals surface area contributed by atoms with Gasteiger partial charge >= 0.3 is 11.8 Å². The van der Waals surface area contributed by atoms with E-state index >= 15 is 0 Å². The summed E-state index contributed by atoms with van der Waals surface area (Å²) in [5.74, 6) is -2.79. The Morgan fingerprint density at radius 1 is 0.944 bits per heavy atom. The second kappa shape index (κ2) is 11.9. The summed E-state index contributed by atoms with van der Waals surface area (Å²) in [6, 6.07) is 12.5. The molecule has 0 radical (unpaired) electrons. The minimum atomic E-state index is -1.10. The van der Waals surface area contributed by atoms with Crippen molar-refractivity contribution in [2.24, 2.45) is 0 Å². The van der Waals surface area contributed by atoms with Gasteiger partial charge in [0, 0.05) is 44.3 Å². The van der Waals surface area contributed by atoms with Crippen LogP contribution < -0.4 is 16.0 Å². The highest BCUT2D eigenvalue weighted by molar-refractivity contribution is 6.39. The van der Waals surface area contributed by atoms with E-state index in [0.29, 0.717) is 10.6 Å². The summed E-state index contributed by atoms with van der Waals surface area (Å²) in [5, 5.41) is 7.69. The van der Waals surface area contributed by atoms with E-state index in [1.807, 2.05) is 19.1 Å². The number of hydrogen-bond donors (Lipinski definition) is 3. The van der Waals surface area contributed by atoms with E-state index < -0.39 is 29.7 Å². The number of nitrogens with zero attached hydrogens (tertiary/aromatic N) is 3. The minimum absolute atomic E-state index is 0.138. The molecule has 0 spiro atoms. The van der Waals surface area contributed by atoms with Crippen LogP contribution in [0.4, 0.5) is 5.82 Å². The first-order valence-electron chi connectivity index (χ1n) is 10.9. The van der Waals surface area contributed by atoms with Crippen molar-refractivity contribution < 1.29 is 19.2 Å². The summed E-state index contributed by atoms with van der Waals surface area (Å²) in [6.07, 6.45) is 3.03. The fraction of sp³-hybridized carbons (Fsp3) is 0.200. The second-order valence-electron chi connectivity index (χ2n) is 8.05. The van der Waals surface area contributed by atoms with Gasteiger partial charge in [-0.25, -0.2) is 4.98 Å². The van der Waals surface area contributed by atoms with E-state index in [2.05, 4.69) is 25.9 Å². The van der Waals surface area contributed by atoms with Crippen molar-refractivity contribution in [3.63, 3.8) is 0 Å². The number of likely N-dealkylation sites (N-methyl/N-ethyl adjacent to an activating group) is 1. The van der Waals surface area contributed by atoms with E-state index in [4.69, 9.17) is 11.6 Å². The normalized spacial score (nSPS) is 11.2. The molecule has 3 N–H and O–H groups in total. The van der Waals surface area contributed by atoms with E-state index in [0.717, 1.165) is 16.8 Å². The molecule has 2 heterocycles. The number of carbonyl (C=O) groups is 4. The van der Waals surface area contributed by atoms with Crippen molar-refractivity contribution in [2.45, 2.75) is 13.0 Å². The van der Waals surface area contributed by atoms with E-state index in [1.54, 1.807) is 30.5 Å². The molecule has 2 aromatic heterocycles. The monoisotopic (exact) mass is 508 g/mol. The molecular weight excluding hydrogens is 484 g/mol. The molecule has 3 rings (SSSR count). The van der Waals surface area contributed by atoms with Crippen molar-refractivity contribution in [1.82, 2.24) is 25.5 Å². The molecule has 0 aliphatic heterocycles. The van der Waals surface area contributed by atoms with Gasteiger partial charge in [-0.3, -0.25) is 24.2 Å². The van der Waals surface area contributed by atoms with Gasteiger partial charge in [0.15, 0.2) is 0 Å². The molecule has 4 amide bonds. The van der Waals surface area contributed by atoms with Gasteiger partial charge in [0.05, 0.1) is 5.02 Å². The number of nitrogens with one attached hydrogen (secondary N) is 3. The fourth-order valence-corrected chi connectivity index (χ4v) is 3.30. The van der Waals surface area contributed by atoms with Gasteiger partial charge in [-0.1, -0.05) is 23.7 Å². The summed E-state index contributed by atoms with van der Waals surface area (Å²) < 4.78 is 0. The lowest BCUT2D eigenvalue weighted by Gasteiger charge is -2.22. The number of aryl methyl sites for hydroxylation is 1. The van der Waals surface area contributed by atoms with Crippen LogP contribution >= 0.6 is 11.6 Å². The average Bonchev–Trinajstić information content (AvgIpc) is 2.87. The molecule has 0 fully saturated rings. The van der Waals surface area contributed by atoms with Gasteiger partial charge in [-0.2, -0.15) is 0 Å². The van der Waals surface area contributed by atoms with Crippen LogP contribution in [0.3, 0.4) is 0 Å². The van der Waals surface area contributed by atoms with Crippen molar-refractivity contribution in [3.8, 4) is 11.1 Å². The highest BCUT2D eigenvalue weighted by Crippen LogP contribution is 2.20. The number of rotatable bonds is 7. The zero-order valence-electron chi connectivity index (χ0n) is 19.9. The Labute approximate surface area is 213 Å². The molecule has 0 saturated carbocycles. The Kier molecular flexibility index (Phi) is 8.69. The lowest BCUT2D eigenvalue weighted by molar-refractivity contribution is -0.136. The molecule has 0 saturated heterocycles. The van der Waals surface area contributed by atoms with Crippen LogP contribution in [0.1, 0.15) is 16.1 Å². The van der Waals surface area contributed by atoms with Crippen LogP contribution in [0.2, 0.25) is 5.02 Å². The van der Waals surface area contributed by atoms with Gasteiger partial charge < -0.3 is 20.9 Å². The summed E-state index contributed by atoms with van der Waals surface area (Å²) in [4.78, 5) is 59.2. The van der Waals surface area contributed by atoms with Crippen LogP contribution in [0.25, 0.3) is 11.1 Å². The van der Waals surface area contributed by atoms with E-state index in [9.17, 15) is 19.2 Å². The maximum Gasteiger partial charge on any atom is 0.314 e. The highest BCUT2D eigenvalue weighted by Gasteiger charge is 2.25. The first kappa shape index (κ1) is 26.3. The van der Waals surface area contributed by atoms with E-state index in [1.165, 1.54) is 37.3 Å². The summed E-state index contributed by atoms with van der Waals surface area (Å²) in [5.41, 5.74) is 3.08. The van der Waals surface area contributed by atoms with Gasteiger partial charge in [-0.05, 0) is 54.4 Å². The molecule has 186 valence electrons. The molecule has 1 unspecified atom stereocenters. The Morgan fingerprint density at radius 2 is 1.67 bits per heavy atom. The molecule has 3 aromatic rings. The third-order valence-electron chi connectivity index (χ3n) is 5.06. The lowest BCUT2D eigenvalue weighted by atomic mass is 10.0. The van der Waals surface area contributed by atoms with Gasteiger partial charge in [0.2, 0.25) is 5.91 Å². The van der Waals surface area contributed by atoms with E-state index in [-0.39, 0.29) is 12.4 Å². The van der Waals surface area contributed by atoms with Crippen LogP contribution in [-0.4, -0.2) is 65.2 Å². The number of halogens is 1. The van der Waals surface area contributed by atoms with Crippen molar-refractivity contribution in [1.29, 1.82) is 0 Å². The number of amides is 4. The Bertz CT molecular complexity index is 1260. The van der Waals surface area contributed by atoms with Crippen molar-refractivity contribution in [3.05, 3.63) is 77.2 Å². The fourth-order valence-electron chi connectivity index (χ4n) is 3.19. The SMILES string of the molecule is Cc1cc(-c2ccc(C(=O)NC(CNC(=O)C(=O)Nc3ccc(Cl)cn3)C(=O)N(C)C)cc2)ccn1. The third kappa shape index (κ3) is 7.09. The number of benzene rings is 1. The van der Waals surface area contributed by atoms with Crippen LogP contribution in [-0.2, 0) is 14.4 Å². The maximum atomic E-state index is 12.8. The molecule has 0 aliphatic rings. The van der Waals surface area contributed by atoms with Gasteiger partial charge in [0.1, 0.15) is 11.9 Å². The Balaban J connectivity index is 1.63. The number of hydrogen-bond acceptors (Lipinski definition) is 6. The van der Waals surface area contributed by atoms with Gasteiger partial charge in [-0.15, -0.1) is 0 Å². The maximum absolute atomic E-state index is 12.8. The topological polar surface area (TPSA) is 133 Å². The molecule has 0 bridgehead atoms. The average molecular weight is 509 g/mol. The second-order valence-corrected chi connectivity index (χ2v) is 8.48. The zero-order chi connectivity index (χ0) is 26.2. The molecule has 10 nitrogen and oxygen atoms in total. The molecule has 11 heteroatoms. The highest BCUT2D eigenvalue weighted by atomic mass is 35.5. The quantitative estimate of drug-likeness (QED) is 0.418. The lowest BCUT2D eigenvalue weighted by Crippen LogP contribution is -2.53. The first-order valence-corrected chi connectivity index (χ1v) is 11.3. The summed E-state index contributed by atoms with van der Waals surface area (Å²) >= 11 is 5.75. The van der Waals surface area contributed by atoms with Crippen molar-refractivity contribution in [2.75, 3.05) is 26.0 Å². The molecule has 36 heavy (non-hydrogen) atoms. The smallest absolute Gasteiger partial charge is 0.314 e. The first-order chi connectivity index (χ1) is 17.1. The summed E-state index contributed by atoms with van der Waals surface area (Å²) in [6.45, 7) is 1.60. The number of aromatic nitrogens is 2. The largest absolute Gasteiger partial charge is 0.347 e. The number of carbonyl (C=O) groups excluding carboxylic acids is 4. The van der Waals surface area contributed by atoms with Crippen LogP contribution in [0, 0.1) is 6.92 Å². The predicted octanol–water partition coefficient (Wildman–Crippen LogP) is 2.05. The summed E-state index contributed by atoms with van der Waals surface area (Å²) in [7, 11) is 3.04. The molecule has 1 aromatic carbocycles. The van der Waals surface area contributed by atoms with Crippen molar-refractivity contribution >= 4 is 41.0 Å². The third-order valence-corrected chi connectivity index (χ3v) is 5.29. The standard InChI is InChI=1S/C25H25ClN6O4/c1-15-12-18(10-11-27-15)16-4-6-17(7-5-16)22(33)30-20(25(36)32(2)3)14-29-23(34)24(35)31-21-9-8-19(26)13-28-21/h4-13,20H,14H2,1-3H3,(H,29,34)(H,30,33)(H,28,31,35). The predicted molar refractivity (Wildman–Crippen MR) is 135 cm³/mol. The minimum Gasteiger partial charge on any atom is -0.347 e. The molecule has 0 aliphatic carbocycles. The molecular formula is C25H25ClN6O4. The number of pyridine rings is 2.